The number of sulfonamides is 1. The highest BCUT2D eigenvalue weighted by atomic mass is 32.2. The van der Waals surface area contributed by atoms with E-state index in [1.165, 1.54) is 11.3 Å². The zero-order valence-corrected chi connectivity index (χ0v) is 17.6. The van der Waals surface area contributed by atoms with Gasteiger partial charge < -0.3 is 4.90 Å². The van der Waals surface area contributed by atoms with Gasteiger partial charge in [0.25, 0.3) is 10.0 Å². The second kappa shape index (κ2) is 8.29. The Hall–Kier alpha value is -1.80. The monoisotopic (exact) mass is 415 g/mol. The molecule has 1 aliphatic heterocycles. The number of fused-ring (bicyclic) bond motifs is 1. The summed E-state index contributed by atoms with van der Waals surface area (Å²) in [7, 11) is -1.36. The van der Waals surface area contributed by atoms with E-state index in [0.717, 1.165) is 41.6 Å². The minimum Gasteiger partial charge on any atom is -0.302 e. The van der Waals surface area contributed by atoms with Crippen LogP contribution in [0, 0.1) is 0 Å². The zero-order valence-electron chi connectivity index (χ0n) is 16.0. The van der Waals surface area contributed by atoms with E-state index in [4.69, 9.17) is 0 Å². The lowest BCUT2D eigenvalue weighted by Gasteiger charge is -2.36. The Morgan fingerprint density at radius 3 is 2.82 bits per heavy atom. The predicted molar refractivity (Wildman–Crippen MR) is 114 cm³/mol. The van der Waals surface area contributed by atoms with Crippen LogP contribution >= 0.6 is 11.3 Å². The minimum absolute atomic E-state index is 0.238. The summed E-state index contributed by atoms with van der Waals surface area (Å²) in [6.45, 7) is 2.02. The second-order valence-corrected chi connectivity index (χ2v) is 10.6. The Morgan fingerprint density at radius 2 is 2.04 bits per heavy atom. The first-order valence-electron chi connectivity index (χ1n) is 9.63. The van der Waals surface area contributed by atoms with Crippen LogP contribution in [0.5, 0.6) is 0 Å². The van der Waals surface area contributed by atoms with Crippen LogP contribution in [0.15, 0.2) is 58.9 Å². The normalized spacial score (nSPS) is 18.7. The number of nitrogens with zero attached hydrogens (tertiary/aromatic N) is 3. The molecule has 0 amide bonds. The quantitative estimate of drug-likeness (QED) is 0.617. The fourth-order valence-electron chi connectivity index (χ4n) is 3.73. The number of piperidine rings is 1. The Kier molecular flexibility index (Phi) is 5.78. The van der Waals surface area contributed by atoms with E-state index in [0.29, 0.717) is 17.3 Å². The summed E-state index contributed by atoms with van der Waals surface area (Å²) < 4.78 is 29.6. The molecule has 1 aromatic carbocycles. The van der Waals surface area contributed by atoms with Crippen molar-refractivity contribution in [3.63, 3.8) is 0 Å². The van der Waals surface area contributed by atoms with Crippen molar-refractivity contribution in [2.24, 2.45) is 0 Å². The van der Waals surface area contributed by atoms with Gasteiger partial charge in [0.15, 0.2) is 0 Å². The van der Waals surface area contributed by atoms with Crippen LogP contribution in [-0.4, -0.2) is 55.3 Å². The molecule has 7 heteroatoms. The number of aromatic nitrogens is 1. The maximum atomic E-state index is 13.2. The molecule has 1 atom stereocenters. The van der Waals surface area contributed by atoms with Gasteiger partial charge in [0.1, 0.15) is 4.21 Å². The molecule has 1 aliphatic rings. The van der Waals surface area contributed by atoms with E-state index in [-0.39, 0.29) is 6.04 Å². The van der Waals surface area contributed by atoms with Crippen LogP contribution in [0.2, 0.25) is 0 Å². The van der Waals surface area contributed by atoms with E-state index >= 15 is 0 Å². The SMILES string of the molecule is CN(CCc1ccccn1)C1CCCN(S(=O)(=O)c2cc3ccccc3s2)C1. The highest BCUT2D eigenvalue weighted by Gasteiger charge is 2.32. The minimum atomic E-state index is -3.44. The van der Waals surface area contributed by atoms with Crippen molar-refractivity contribution in [3.8, 4) is 0 Å². The molecule has 0 N–H and O–H groups in total. The van der Waals surface area contributed by atoms with Crippen LogP contribution < -0.4 is 0 Å². The van der Waals surface area contributed by atoms with E-state index in [9.17, 15) is 8.42 Å². The van der Waals surface area contributed by atoms with Crippen LogP contribution in [0.3, 0.4) is 0 Å². The Labute approximate surface area is 170 Å². The molecule has 1 saturated heterocycles. The van der Waals surface area contributed by atoms with Crippen LogP contribution in [0.4, 0.5) is 0 Å². The number of pyridine rings is 1. The molecular weight excluding hydrogens is 390 g/mol. The lowest BCUT2D eigenvalue weighted by atomic mass is 10.1. The van der Waals surface area contributed by atoms with E-state index < -0.39 is 10.0 Å². The molecule has 0 aliphatic carbocycles. The first kappa shape index (κ1) is 19.5. The molecule has 0 bridgehead atoms. The average Bonchev–Trinajstić information content (AvgIpc) is 3.18. The number of hydrogen-bond acceptors (Lipinski definition) is 5. The van der Waals surface area contributed by atoms with Crippen molar-refractivity contribution in [2.45, 2.75) is 29.5 Å². The fraction of sp³-hybridized carbons (Fsp3) is 0.381. The lowest BCUT2D eigenvalue weighted by molar-refractivity contribution is 0.164. The smallest absolute Gasteiger partial charge is 0.252 e. The molecule has 2 aromatic heterocycles. The zero-order chi connectivity index (χ0) is 19.6. The van der Waals surface area contributed by atoms with Gasteiger partial charge in [-0.05, 0) is 49.5 Å². The van der Waals surface area contributed by atoms with E-state index in [2.05, 4.69) is 16.9 Å². The standard InChI is InChI=1S/C21H25N3O2S2/c1-23(14-11-18-8-4-5-12-22-18)19-9-6-13-24(16-19)28(25,26)21-15-17-7-2-3-10-20(17)27-21/h2-5,7-8,10,12,15,19H,6,9,11,13-14,16H2,1H3. The Balaban J connectivity index is 1.45. The van der Waals surface area contributed by atoms with Gasteiger partial charge >= 0.3 is 0 Å². The first-order valence-corrected chi connectivity index (χ1v) is 11.9. The molecule has 3 heterocycles. The molecule has 3 aromatic rings. The van der Waals surface area contributed by atoms with E-state index in [1.54, 1.807) is 4.31 Å². The van der Waals surface area contributed by atoms with Crippen LogP contribution in [-0.2, 0) is 16.4 Å². The molecule has 28 heavy (non-hydrogen) atoms. The summed E-state index contributed by atoms with van der Waals surface area (Å²) >= 11 is 1.36. The summed E-state index contributed by atoms with van der Waals surface area (Å²) in [5.41, 5.74) is 1.07. The van der Waals surface area contributed by atoms with Gasteiger partial charge in [-0.1, -0.05) is 24.3 Å². The van der Waals surface area contributed by atoms with Crippen molar-refractivity contribution in [1.82, 2.24) is 14.2 Å². The van der Waals surface area contributed by atoms with Gasteiger partial charge in [-0.2, -0.15) is 4.31 Å². The number of benzene rings is 1. The number of likely N-dealkylation sites (N-methyl/N-ethyl adjacent to an activating group) is 1. The van der Waals surface area contributed by atoms with Gasteiger partial charge in [0, 0.05) is 48.7 Å². The van der Waals surface area contributed by atoms with E-state index in [1.807, 2.05) is 54.7 Å². The third kappa shape index (κ3) is 4.12. The highest BCUT2D eigenvalue weighted by Crippen LogP contribution is 2.32. The van der Waals surface area contributed by atoms with Gasteiger partial charge in [0.05, 0.1) is 0 Å². The summed E-state index contributed by atoms with van der Waals surface area (Å²) in [4.78, 5) is 6.66. The largest absolute Gasteiger partial charge is 0.302 e. The summed E-state index contributed by atoms with van der Waals surface area (Å²) in [5, 5.41) is 0.993. The molecule has 1 unspecified atom stereocenters. The van der Waals surface area contributed by atoms with Gasteiger partial charge in [0.2, 0.25) is 0 Å². The van der Waals surface area contributed by atoms with Crippen molar-refractivity contribution < 1.29 is 8.42 Å². The number of thiophene rings is 1. The Bertz CT molecular complexity index is 1000. The Morgan fingerprint density at radius 1 is 1.21 bits per heavy atom. The first-order chi connectivity index (χ1) is 13.5. The van der Waals surface area contributed by atoms with Crippen molar-refractivity contribution in [1.29, 1.82) is 0 Å². The fourth-order valence-corrected chi connectivity index (χ4v) is 6.80. The van der Waals surface area contributed by atoms with Crippen LogP contribution in [0.25, 0.3) is 10.1 Å². The summed E-state index contributed by atoms with van der Waals surface area (Å²) in [6, 6.07) is 15.8. The molecule has 5 nitrogen and oxygen atoms in total. The van der Waals surface area contributed by atoms with Crippen LogP contribution in [0.1, 0.15) is 18.5 Å². The maximum Gasteiger partial charge on any atom is 0.252 e. The number of rotatable bonds is 6. The third-order valence-electron chi connectivity index (χ3n) is 5.43. The molecular formula is C21H25N3O2S2. The molecule has 1 fully saturated rings. The number of hydrogen-bond donors (Lipinski definition) is 0. The maximum absolute atomic E-state index is 13.2. The predicted octanol–water partition coefficient (Wildman–Crippen LogP) is 3.62. The summed E-state index contributed by atoms with van der Waals surface area (Å²) in [5.74, 6) is 0. The van der Waals surface area contributed by atoms with Crippen molar-refractivity contribution in [3.05, 3.63) is 60.4 Å². The van der Waals surface area contributed by atoms with Crippen molar-refractivity contribution >= 4 is 31.4 Å². The molecule has 4 rings (SSSR count). The lowest BCUT2D eigenvalue weighted by Crippen LogP contribution is -2.48. The molecule has 0 spiro atoms. The second-order valence-electron chi connectivity index (χ2n) is 7.31. The summed E-state index contributed by atoms with van der Waals surface area (Å²) in [6.07, 6.45) is 4.60. The topological polar surface area (TPSA) is 53.5 Å². The van der Waals surface area contributed by atoms with Gasteiger partial charge in [-0.15, -0.1) is 11.3 Å². The van der Waals surface area contributed by atoms with Gasteiger partial charge in [-0.25, -0.2) is 8.42 Å². The molecule has 0 radical (unpaired) electrons. The molecule has 148 valence electrons. The van der Waals surface area contributed by atoms with Gasteiger partial charge in [-0.3, -0.25) is 4.98 Å². The van der Waals surface area contributed by atoms with Crippen molar-refractivity contribution in [2.75, 3.05) is 26.7 Å². The third-order valence-corrected chi connectivity index (χ3v) is 8.86. The average molecular weight is 416 g/mol. The highest BCUT2D eigenvalue weighted by molar-refractivity contribution is 7.91. The molecule has 0 saturated carbocycles.